The van der Waals surface area contributed by atoms with Crippen molar-refractivity contribution in [2.45, 2.75) is 25.8 Å². The number of ether oxygens (including phenoxy) is 1. The Balaban J connectivity index is 2.13. The number of alkyl halides is 1. The molecule has 4 nitrogen and oxygen atoms in total. The van der Waals surface area contributed by atoms with Crippen molar-refractivity contribution < 1.29 is 4.74 Å². The van der Waals surface area contributed by atoms with E-state index in [1.54, 1.807) is 18.5 Å². The van der Waals surface area contributed by atoms with Gasteiger partial charge in [0.2, 0.25) is 0 Å². The molecule has 0 saturated carbocycles. The lowest BCUT2D eigenvalue weighted by Crippen LogP contribution is -1.99. The maximum atomic E-state index is 5.71. The van der Waals surface area contributed by atoms with Crippen LogP contribution in [0.25, 0.3) is 0 Å². The van der Waals surface area contributed by atoms with Crippen LogP contribution in [0, 0.1) is 0 Å². The average molecular weight is 252 g/mol. The molecule has 0 saturated heterocycles. The van der Waals surface area contributed by atoms with Crippen LogP contribution in [-0.2, 0) is 5.88 Å². The fraction of sp³-hybridized carbons (Fsp3) is 0.333. The smallest absolute Gasteiger partial charge is 0.165 e. The Morgan fingerprint density at radius 1 is 1.41 bits per heavy atom. The van der Waals surface area contributed by atoms with Crippen LogP contribution in [0.5, 0.6) is 11.5 Å². The van der Waals surface area contributed by atoms with Gasteiger partial charge < -0.3 is 4.74 Å². The lowest BCUT2D eigenvalue weighted by molar-refractivity contribution is 0.476. The normalized spacial score (nSPS) is 10.8. The zero-order valence-corrected chi connectivity index (χ0v) is 10.6. The molecule has 0 aliphatic carbocycles. The van der Waals surface area contributed by atoms with Gasteiger partial charge in [-0.25, -0.2) is 0 Å². The molecule has 0 N–H and O–H groups in total. The highest BCUT2D eigenvalue weighted by molar-refractivity contribution is 6.16. The molecule has 5 heteroatoms. The molecule has 0 aliphatic rings. The summed E-state index contributed by atoms with van der Waals surface area (Å²) in [5.41, 5.74) is 0.792. The Hall–Kier alpha value is -1.55. The molecule has 17 heavy (non-hydrogen) atoms. The van der Waals surface area contributed by atoms with Gasteiger partial charge in [0.05, 0.1) is 24.0 Å². The van der Waals surface area contributed by atoms with Gasteiger partial charge in [-0.1, -0.05) is 0 Å². The molecule has 2 aromatic heterocycles. The van der Waals surface area contributed by atoms with Crippen molar-refractivity contribution in [3.63, 3.8) is 0 Å². The molecule has 0 amide bonds. The molecule has 0 atom stereocenters. The van der Waals surface area contributed by atoms with E-state index in [1.165, 1.54) is 0 Å². The molecular weight excluding hydrogens is 238 g/mol. The maximum absolute atomic E-state index is 5.71. The predicted octanol–water partition coefficient (Wildman–Crippen LogP) is 3.39. The van der Waals surface area contributed by atoms with E-state index in [0.717, 1.165) is 11.4 Å². The Labute approximate surface area is 105 Å². The van der Waals surface area contributed by atoms with Gasteiger partial charge in [0.25, 0.3) is 0 Å². The molecule has 0 bridgehead atoms. The van der Waals surface area contributed by atoms with Crippen molar-refractivity contribution in [3.8, 4) is 11.5 Å². The number of pyridine rings is 1. The van der Waals surface area contributed by atoms with E-state index in [2.05, 4.69) is 23.9 Å². The van der Waals surface area contributed by atoms with Crippen molar-refractivity contribution in [1.29, 1.82) is 0 Å². The zero-order valence-electron chi connectivity index (χ0n) is 9.80. The van der Waals surface area contributed by atoms with Crippen molar-refractivity contribution in [2.24, 2.45) is 0 Å². The second-order valence-corrected chi connectivity index (χ2v) is 4.24. The fourth-order valence-electron chi connectivity index (χ4n) is 1.38. The first-order valence-electron chi connectivity index (χ1n) is 5.42. The van der Waals surface area contributed by atoms with E-state index in [0.29, 0.717) is 17.7 Å². The van der Waals surface area contributed by atoms with Crippen LogP contribution in [0.1, 0.15) is 25.6 Å². The number of nitrogens with zero attached hydrogens (tertiary/aromatic N) is 3. The summed E-state index contributed by atoms with van der Waals surface area (Å²) in [4.78, 5) is 4.10. The number of aromatic nitrogens is 3. The molecule has 2 aromatic rings. The first-order chi connectivity index (χ1) is 8.19. The van der Waals surface area contributed by atoms with Crippen LogP contribution in [-0.4, -0.2) is 14.8 Å². The minimum Gasteiger partial charge on any atom is -0.454 e. The molecule has 2 heterocycles. The van der Waals surface area contributed by atoms with Gasteiger partial charge >= 0.3 is 0 Å². The van der Waals surface area contributed by atoms with E-state index < -0.39 is 0 Å². The highest BCUT2D eigenvalue weighted by Crippen LogP contribution is 2.22. The minimum atomic E-state index is 0.322. The fourth-order valence-corrected chi connectivity index (χ4v) is 1.53. The summed E-state index contributed by atoms with van der Waals surface area (Å²) in [6, 6.07) is 3.94. The van der Waals surface area contributed by atoms with Gasteiger partial charge in [0, 0.05) is 18.3 Å². The van der Waals surface area contributed by atoms with E-state index in [9.17, 15) is 0 Å². The largest absolute Gasteiger partial charge is 0.454 e. The predicted molar refractivity (Wildman–Crippen MR) is 66.5 cm³/mol. The van der Waals surface area contributed by atoms with Gasteiger partial charge in [-0.3, -0.25) is 9.67 Å². The van der Waals surface area contributed by atoms with Gasteiger partial charge in [0.1, 0.15) is 5.75 Å². The number of halogens is 1. The van der Waals surface area contributed by atoms with Gasteiger partial charge in [0.15, 0.2) is 5.75 Å². The van der Waals surface area contributed by atoms with Crippen LogP contribution in [0.4, 0.5) is 0 Å². The third-order valence-corrected chi connectivity index (χ3v) is 2.54. The lowest BCUT2D eigenvalue weighted by Gasteiger charge is -2.04. The quantitative estimate of drug-likeness (QED) is 0.782. The first-order valence-corrected chi connectivity index (χ1v) is 5.95. The van der Waals surface area contributed by atoms with E-state index in [-0.39, 0.29) is 0 Å². The van der Waals surface area contributed by atoms with Crippen molar-refractivity contribution in [3.05, 3.63) is 36.4 Å². The van der Waals surface area contributed by atoms with E-state index >= 15 is 0 Å². The molecule has 0 unspecified atom stereocenters. The van der Waals surface area contributed by atoms with Crippen molar-refractivity contribution in [1.82, 2.24) is 14.8 Å². The van der Waals surface area contributed by atoms with Crippen LogP contribution < -0.4 is 4.74 Å². The summed E-state index contributed by atoms with van der Waals surface area (Å²) in [5, 5.41) is 4.20. The Morgan fingerprint density at radius 3 is 2.88 bits per heavy atom. The number of hydrogen-bond donors (Lipinski definition) is 0. The molecule has 0 spiro atoms. The van der Waals surface area contributed by atoms with Crippen molar-refractivity contribution >= 4 is 11.6 Å². The molecule has 0 fully saturated rings. The average Bonchev–Trinajstić information content (AvgIpc) is 2.78. The third-order valence-electron chi connectivity index (χ3n) is 2.27. The second kappa shape index (κ2) is 5.19. The second-order valence-electron chi connectivity index (χ2n) is 3.97. The molecule has 0 aromatic carbocycles. The molecule has 90 valence electrons. The summed E-state index contributed by atoms with van der Waals surface area (Å²) >= 11 is 5.71. The molecule has 0 radical (unpaired) electrons. The van der Waals surface area contributed by atoms with Gasteiger partial charge in [-0.05, 0) is 19.9 Å². The van der Waals surface area contributed by atoms with Crippen LogP contribution in [0.15, 0.2) is 30.7 Å². The molecular formula is C12H14ClN3O. The first kappa shape index (κ1) is 11.9. The summed E-state index contributed by atoms with van der Waals surface area (Å²) in [6.07, 6.45) is 5.24. The Morgan fingerprint density at radius 2 is 2.24 bits per heavy atom. The Kier molecular flexibility index (Phi) is 3.64. The minimum absolute atomic E-state index is 0.322. The SMILES string of the molecule is CC(C)n1cc(Oc2ccnc(CCl)c2)cn1. The highest BCUT2D eigenvalue weighted by Gasteiger charge is 2.04. The van der Waals surface area contributed by atoms with E-state index in [1.807, 2.05) is 16.9 Å². The monoisotopic (exact) mass is 251 g/mol. The van der Waals surface area contributed by atoms with Crippen molar-refractivity contribution in [2.75, 3.05) is 0 Å². The lowest BCUT2D eigenvalue weighted by atomic mass is 10.3. The maximum Gasteiger partial charge on any atom is 0.165 e. The van der Waals surface area contributed by atoms with Crippen LogP contribution >= 0.6 is 11.6 Å². The third kappa shape index (κ3) is 2.97. The van der Waals surface area contributed by atoms with Crippen LogP contribution in [0.3, 0.4) is 0 Å². The van der Waals surface area contributed by atoms with E-state index in [4.69, 9.17) is 16.3 Å². The number of hydrogen-bond acceptors (Lipinski definition) is 3. The summed E-state index contributed by atoms with van der Waals surface area (Å²) in [5.74, 6) is 1.81. The molecule has 0 aliphatic heterocycles. The standard InChI is InChI=1S/C12H14ClN3O/c1-9(2)16-8-12(7-15-16)17-11-3-4-14-10(5-11)6-13/h3-5,7-9H,6H2,1-2H3. The topological polar surface area (TPSA) is 39.9 Å². The van der Waals surface area contributed by atoms with Crippen LogP contribution in [0.2, 0.25) is 0 Å². The summed E-state index contributed by atoms with van der Waals surface area (Å²) < 4.78 is 7.52. The summed E-state index contributed by atoms with van der Waals surface area (Å²) in [7, 11) is 0. The summed E-state index contributed by atoms with van der Waals surface area (Å²) in [6.45, 7) is 4.13. The zero-order chi connectivity index (χ0) is 12.3. The Bertz CT molecular complexity index is 496. The highest BCUT2D eigenvalue weighted by atomic mass is 35.5. The molecule has 2 rings (SSSR count). The van der Waals surface area contributed by atoms with Gasteiger partial charge in [-0.15, -0.1) is 11.6 Å². The van der Waals surface area contributed by atoms with Gasteiger partial charge in [-0.2, -0.15) is 5.10 Å². The number of rotatable bonds is 4.